The van der Waals surface area contributed by atoms with Crippen LogP contribution in [-0.2, 0) is 51.5 Å². The van der Waals surface area contributed by atoms with Gasteiger partial charge in [-0.05, 0) is 6.92 Å². The molecule has 17 heteroatoms. The first kappa shape index (κ1) is 29.1. The Labute approximate surface area is 210 Å². The molecule has 4 unspecified atom stereocenters. The standard InChI is InChI=1S/C20H30N3O13P/c1-10-7-23(20(27)22-18(10)26)16-6-14(36-21)15(34-16)9-31-37(28,29-4)30-8-13-5-17(32-11(2)24)35-19(13)33-12(3)25/h7,13-17,19H,5-6,8-9,21H2,1-4H3,(H,22,26,27)/t13-,14+,15?,16+,17?,19?,37?/m0/s1. The van der Waals surface area contributed by atoms with E-state index in [0.29, 0.717) is 5.56 Å². The Morgan fingerprint density at radius 2 is 1.81 bits per heavy atom. The smallest absolute Gasteiger partial charge is 0.436 e. The SMILES string of the molecule is COP(=O)(OCC1O[C@@H](n2cc(C)c(=O)[nH]c2=O)C[C@H]1ON)OC[C@@H]1CC(OC(C)=O)OC1OC(C)=O. The van der Waals surface area contributed by atoms with Gasteiger partial charge in [-0.2, -0.15) is 0 Å². The number of aromatic nitrogens is 2. The second-order valence-electron chi connectivity index (χ2n) is 8.39. The summed E-state index contributed by atoms with van der Waals surface area (Å²) in [5.41, 5.74) is -0.909. The van der Waals surface area contributed by atoms with Crippen LogP contribution in [0.3, 0.4) is 0 Å². The van der Waals surface area contributed by atoms with E-state index in [1.807, 2.05) is 0 Å². The van der Waals surface area contributed by atoms with Crippen molar-refractivity contribution in [1.29, 1.82) is 0 Å². The average molecular weight is 551 g/mol. The van der Waals surface area contributed by atoms with Crippen LogP contribution in [0.4, 0.5) is 0 Å². The Morgan fingerprint density at radius 3 is 2.43 bits per heavy atom. The summed E-state index contributed by atoms with van der Waals surface area (Å²) in [4.78, 5) is 53.6. The molecule has 3 heterocycles. The molecule has 3 N–H and O–H groups in total. The minimum atomic E-state index is -4.16. The van der Waals surface area contributed by atoms with Crippen LogP contribution in [0.15, 0.2) is 15.8 Å². The zero-order chi connectivity index (χ0) is 27.3. The van der Waals surface area contributed by atoms with E-state index in [1.165, 1.54) is 31.5 Å². The second-order valence-corrected chi connectivity index (χ2v) is 10.2. The Morgan fingerprint density at radius 1 is 1.14 bits per heavy atom. The molecule has 16 nitrogen and oxygen atoms in total. The van der Waals surface area contributed by atoms with Crippen LogP contribution in [0, 0.1) is 12.8 Å². The molecule has 2 fully saturated rings. The van der Waals surface area contributed by atoms with Crippen molar-refractivity contribution in [2.24, 2.45) is 11.8 Å². The predicted molar refractivity (Wildman–Crippen MR) is 120 cm³/mol. The highest BCUT2D eigenvalue weighted by Crippen LogP contribution is 2.50. The van der Waals surface area contributed by atoms with E-state index in [1.54, 1.807) is 0 Å². The first-order valence-electron chi connectivity index (χ1n) is 11.2. The fraction of sp³-hybridized carbons (Fsp3) is 0.700. The summed E-state index contributed by atoms with van der Waals surface area (Å²) < 4.78 is 51.2. The van der Waals surface area contributed by atoms with Gasteiger partial charge in [0.15, 0.2) is 0 Å². The number of carbonyl (C=O) groups is 2. The number of nitrogens with one attached hydrogen (secondary N) is 1. The van der Waals surface area contributed by atoms with E-state index >= 15 is 0 Å². The molecule has 0 amide bonds. The van der Waals surface area contributed by atoms with Crippen LogP contribution in [-0.4, -0.2) is 66.6 Å². The summed E-state index contributed by atoms with van der Waals surface area (Å²) in [5, 5.41) is 0. The van der Waals surface area contributed by atoms with Crippen molar-refractivity contribution in [3.63, 3.8) is 0 Å². The van der Waals surface area contributed by atoms with Crippen molar-refractivity contribution in [3.8, 4) is 0 Å². The maximum absolute atomic E-state index is 13.0. The average Bonchev–Trinajstić information content (AvgIpc) is 3.41. The summed E-state index contributed by atoms with van der Waals surface area (Å²) in [5.74, 6) is 3.49. The van der Waals surface area contributed by atoms with Gasteiger partial charge in [0.25, 0.3) is 5.56 Å². The van der Waals surface area contributed by atoms with Crippen LogP contribution in [0.2, 0.25) is 0 Å². The van der Waals surface area contributed by atoms with E-state index in [-0.39, 0.29) is 26.1 Å². The molecular weight excluding hydrogens is 521 g/mol. The predicted octanol–water partition coefficient (Wildman–Crippen LogP) is -0.00598. The molecule has 0 aromatic carbocycles. The lowest BCUT2D eigenvalue weighted by atomic mass is 10.1. The third-order valence-corrected chi connectivity index (χ3v) is 7.00. The fourth-order valence-corrected chi connectivity index (χ4v) is 4.82. The summed E-state index contributed by atoms with van der Waals surface area (Å²) in [7, 11) is -3.06. The highest BCUT2D eigenvalue weighted by Gasteiger charge is 2.43. The van der Waals surface area contributed by atoms with Crippen molar-refractivity contribution in [2.45, 2.75) is 64.6 Å². The molecule has 0 radical (unpaired) electrons. The van der Waals surface area contributed by atoms with E-state index in [9.17, 15) is 23.7 Å². The van der Waals surface area contributed by atoms with Crippen LogP contribution < -0.4 is 17.1 Å². The lowest BCUT2D eigenvalue weighted by molar-refractivity contribution is -0.212. The molecule has 0 aliphatic carbocycles. The molecule has 2 aliphatic rings. The number of aryl methyl sites for hydroxylation is 1. The summed E-state index contributed by atoms with van der Waals surface area (Å²) in [6.07, 6.45) is -2.98. The van der Waals surface area contributed by atoms with Gasteiger partial charge in [0.1, 0.15) is 18.4 Å². The van der Waals surface area contributed by atoms with Crippen LogP contribution >= 0.6 is 7.82 Å². The van der Waals surface area contributed by atoms with Gasteiger partial charge in [-0.25, -0.2) is 15.3 Å². The largest absolute Gasteiger partial charge is 0.474 e. The Bertz CT molecular complexity index is 1140. The van der Waals surface area contributed by atoms with E-state index in [0.717, 1.165) is 7.11 Å². The molecule has 1 aromatic rings. The lowest BCUT2D eigenvalue weighted by Gasteiger charge is -2.23. The zero-order valence-corrected chi connectivity index (χ0v) is 21.5. The van der Waals surface area contributed by atoms with Gasteiger partial charge in [-0.1, -0.05) is 0 Å². The fourth-order valence-electron chi connectivity index (χ4n) is 3.83. The number of carbonyl (C=O) groups excluding carboxylic acids is 2. The van der Waals surface area contributed by atoms with Gasteiger partial charge in [-0.15, -0.1) is 0 Å². The van der Waals surface area contributed by atoms with Gasteiger partial charge in [-0.3, -0.25) is 42.3 Å². The Hall–Kier alpha value is -2.43. The molecule has 1 aromatic heterocycles. The number of rotatable bonds is 11. The minimum Gasteiger partial charge on any atom is -0.436 e. The van der Waals surface area contributed by atoms with Crippen molar-refractivity contribution >= 4 is 19.8 Å². The van der Waals surface area contributed by atoms with E-state index in [2.05, 4.69) is 4.98 Å². The number of hydrogen-bond acceptors (Lipinski definition) is 14. The number of hydrogen-bond donors (Lipinski definition) is 2. The second kappa shape index (κ2) is 12.4. The first-order chi connectivity index (χ1) is 17.4. The number of esters is 2. The van der Waals surface area contributed by atoms with Gasteiger partial charge >= 0.3 is 25.5 Å². The first-order valence-corrected chi connectivity index (χ1v) is 12.7. The van der Waals surface area contributed by atoms with Crippen molar-refractivity contribution in [3.05, 3.63) is 32.6 Å². The lowest BCUT2D eigenvalue weighted by Crippen LogP contribution is -2.33. The van der Waals surface area contributed by atoms with Gasteiger partial charge in [0.05, 0.1) is 19.1 Å². The Kier molecular flexibility index (Phi) is 9.77. The molecule has 0 bridgehead atoms. The number of nitrogens with two attached hydrogens (primary N) is 1. The number of phosphoric ester groups is 1. The van der Waals surface area contributed by atoms with Crippen LogP contribution in [0.25, 0.3) is 0 Å². The molecule has 0 spiro atoms. The summed E-state index contributed by atoms with van der Waals surface area (Å²) in [6.45, 7) is 3.26. The molecule has 2 aliphatic heterocycles. The van der Waals surface area contributed by atoms with Gasteiger partial charge < -0.3 is 18.9 Å². The molecule has 7 atom stereocenters. The number of H-pyrrole nitrogens is 1. The van der Waals surface area contributed by atoms with Crippen molar-refractivity contribution in [2.75, 3.05) is 20.3 Å². The zero-order valence-electron chi connectivity index (χ0n) is 20.6. The maximum Gasteiger partial charge on any atom is 0.474 e. The third-order valence-electron chi connectivity index (χ3n) is 5.62. The monoisotopic (exact) mass is 551 g/mol. The van der Waals surface area contributed by atoms with Gasteiger partial charge in [0, 0.05) is 45.6 Å². The molecule has 208 valence electrons. The van der Waals surface area contributed by atoms with Gasteiger partial charge in [0.2, 0.25) is 12.6 Å². The maximum atomic E-state index is 13.0. The number of ether oxygens (including phenoxy) is 4. The molecule has 3 rings (SSSR count). The van der Waals surface area contributed by atoms with Crippen LogP contribution in [0.1, 0.15) is 38.5 Å². The van der Waals surface area contributed by atoms with Crippen molar-refractivity contribution in [1.82, 2.24) is 9.55 Å². The number of aromatic amines is 1. The number of phosphoric acid groups is 1. The van der Waals surface area contributed by atoms with E-state index < -0.39 is 67.9 Å². The summed E-state index contributed by atoms with van der Waals surface area (Å²) in [6, 6.07) is 0. The van der Waals surface area contributed by atoms with Crippen LogP contribution in [0.5, 0.6) is 0 Å². The summed E-state index contributed by atoms with van der Waals surface area (Å²) >= 11 is 0. The highest BCUT2D eigenvalue weighted by atomic mass is 31.2. The quantitative estimate of drug-likeness (QED) is 0.211. The van der Waals surface area contributed by atoms with Crippen molar-refractivity contribution < 1.29 is 51.5 Å². The molecule has 0 saturated carbocycles. The molecule has 37 heavy (non-hydrogen) atoms. The third kappa shape index (κ3) is 7.55. The topological polar surface area (TPSA) is 206 Å². The number of nitrogens with zero attached hydrogens (tertiary/aromatic N) is 1. The minimum absolute atomic E-state index is 0.102. The normalized spacial score (nSPS) is 29.1. The molecular formula is C20H30N3O13P. The molecule has 2 saturated heterocycles. The van der Waals surface area contributed by atoms with E-state index in [4.69, 9.17) is 43.3 Å². The Balaban J connectivity index is 1.62. The highest BCUT2D eigenvalue weighted by molar-refractivity contribution is 7.48.